The Morgan fingerprint density at radius 2 is 1.02 bits per heavy atom. The summed E-state index contributed by atoms with van der Waals surface area (Å²) in [7, 11) is 0. The molecule has 0 spiro atoms. The lowest BCUT2D eigenvalue weighted by molar-refractivity contribution is 0.660. The summed E-state index contributed by atoms with van der Waals surface area (Å²) < 4.78 is 0. The molecule has 0 atom stereocenters. The van der Waals surface area contributed by atoms with Gasteiger partial charge in [0.05, 0.1) is 5.69 Å². The van der Waals surface area contributed by atoms with E-state index in [0.29, 0.717) is 0 Å². The van der Waals surface area contributed by atoms with E-state index in [2.05, 4.69) is 183 Å². The second kappa shape index (κ2) is 10.2. The molecule has 0 heterocycles. The van der Waals surface area contributed by atoms with Crippen LogP contribution >= 0.6 is 0 Å². The fourth-order valence-electron chi connectivity index (χ4n) is 7.75. The van der Waals surface area contributed by atoms with Gasteiger partial charge in [0.15, 0.2) is 0 Å². The second-order valence-corrected chi connectivity index (χ2v) is 13.0. The average molecular weight is 588 g/mol. The molecule has 0 aromatic heterocycles. The second-order valence-electron chi connectivity index (χ2n) is 13.0. The van der Waals surface area contributed by atoms with E-state index in [9.17, 15) is 0 Å². The first kappa shape index (κ1) is 26.7. The van der Waals surface area contributed by atoms with Crippen molar-refractivity contribution in [1.82, 2.24) is 0 Å². The molecule has 8 aromatic carbocycles. The number of fused-ring (bicyclic) bond motifs is 8. The number of hydrogen-bond donors (Lipinski definition) is 0. The van der Waals surface area contributed by atoms with E-state index in [0.717, 1.165) is 11.4 Å². The molecule has 0 bridgehead atoms. The molecule has 0 saturated carbocycles. The van der Waals surface area contributed by atoms with Crippen molar-refractivity contribution in [2.45, 2.75) is 19.3 Å². The van der Waals surface area contributed by atoms with E-state index in [1.54, 1.807) is 0 Å². The van der Waals surface area contributed by atoms with E-state index in [1.165, 1.54) is 71.4 Å². The highest BCUT2D eigenvalue weighted by Crippen LogP contribution is 2.51. The first-order chi connectivity index (χ1) is 22.6. The first-order valence-corrected chi connectivity index (χ1v) is 16.1. The molecule has 0 saturated heterocycles. The molecule has 0 aliphatic heterocycles. The molecule has 0 amide bonds. The van der Waals surface area contributed by atoms with Crippen LogP contribution in [0.3, 0.4) is 0 Å². The summed E-state index contributed by atoms with van der Waals surface area (Å²) in [6, 6.07) is 60.2. The van der Waals surface area contributed by atoms with Crippen molar-refractivity contribution in [3.63, 3.8) is 0 Å². The van der Waals surface area contributed by atoms with Crippen LogP contribution in [0.15, 0.2) is 164 Å². The van der Waals surface area contributed by atoms with E-state index in [4.69, 9.17) is 0 Å². The van der Waals surface area contributed by atoms with Crippen LogP contribution in [0, 0.1) is 0 Å². The van der Waals surface area contributed by atoms with E-state index < -0.39 is 0 Å². The zero-order chi connectivity index (χ0) is 30.8. The molecular formula is C45H33N. The maximum Gasteiger partial charge on any atom is 0.0546 e. The van der Waals surface area contributed by atoms with Crippen LogP contribution in [0.1, 0.15) is 25.0 Å². The first-order valence-electron chi connectivity index (χ1n) is 16.1. The van der Waals surface area contributed by atoms with Crippen molar-refractivity contribution in [3.8, 4) is 22.3 Å². The largest absolute Gasteiger partial charge is 0.310 e. The molecule has 8 aromatic rings. The van der Waals surface area contributed by atoms with Gasteiger partial charge in [0.25, 0.3) is 0 Å². The normalized spacial score (nSPS) is 13.2. The molecule has 0 radical (unpaired) electrons. The van der Waals surface area contributed by atoms with Crippen LogP contribution in [0.5, 0.6) is 0 Å². The van der Waals surface area contributed by atoms with Crippen molar-refractivity contribution in [1.29, 1.82) is 0 Å². The maximum atomic E-state index is 2.46. The molecule has 9 rings (SSSR count). The molecule has 1 aliphatic rings. The van der Waals surface area contributed by atoms with Gasteiger partial charge in [-0.2, -0.15) is 0 Å². The summed E-state index contributed by atoms with van der Waals surface area (Å²) in [6.07, 6.45) is 0. The van der Waals surface area contributed by atoms with Crippen LogP contribution < -0.4 is 4.90 Å². The highest BCUT2D eigenvalue weighted by atomic mass is 15.1. The van der Waals surface area contributed by atoms with Gasteiger partial charge < -0.3 is 4.90 Å². The number of benzene rings is 8. The summed E-state index contributed by atoms with van der Waals surface area (Å²) >= 11 is 0. The summed E-state index contributed by atoms with van der Waals surface area (Å²) in [5.74, 6) is 0. The Kier molecular flexibility index (Phi) is 5.92. The molecule has 1 heteroatoms. The van der Waals surface area contributed by atoms with Crippen molar-refractivity contribution < 1.29 is 0 Å². The zero-order valence-electron chi connectivity index (χ0n) is 26.0. The van der Waals surface area contributed by atoms with Gasteiger partial charge in [-0.15, -0.1) is 0 Å². The third kappa shape index (κ3) is 4.02. The number of rotatable bonds is 4. The van der Waals surface area contributed by atoms with Gasteiger partial charge in [-0.05, 0) is 90.6 Å². The smallest absolute Gasteiger partial charge is 0.0546 e. The monoisotopic (exact) mass is 587 g/mol. The highest BCUT2D eigenvalue weighted by molar-refractivity contribution is 6.24. The van der Waals surface area contributed by atoms with Crippen LogP contribution in [0.4, 0.5) is 17.1 Å². The van der Waals surface area contributed by atoms with Crippen molar-refractivity contribution in [2.24, 2.45) is 0 Å². The van der Waals surface area contributed by atoms with Gasteiger partial charge in [0, 0.05) is 22.2 Å². The van der Waals surface area contributed by atoms with E-state index in [1.807, 2.05) is 0 Å². The van der Waals surface area contributed by atoms with E-state index in [-0.39, 0.29) is 5.41 Å². The molecule has 0 N–H and O–H groups in total. The van der Waals surface area contributed by atoms with Crippen LogP contribution in [-0.2, 0) is 5.41 Å². The quantitative estimate of drug-likeness (QED) is 0.185. The predicted molar refractivity (Wildman–Crippen MR) is 197 cm³/mol. The molecular weight excluding hydrogens is 555 g/mol. The van der Waals surface area contributed by atoms with Gasteiger partial charge in [-0.25, -0.2) is 0 Å². The van der Waals surface area contributed by atoms with Gasteiger partial charge in [0.2, 0.25) is 0 Å². The Labute approximate surface area is 270 Å². The lowest BCUT2D eigenvalue weighted by Gasteiger charge is -2.29. The number of nitrogens with zero attached hydrogens (tertiary/aromatic N) is 1. The fourth-order valence-corrected chi connectivity index (χ4v) is 7.75. The summed E-state index contributed by atoms with van der Waals surface area (Å²) in [5.41, 5.74) is 11.3. The van der Waals surface area contributed by atoms with Crippen molar-refractivity contribution in [2.75, 3.05) is 4.90 Å². The van der Waals surface area contributed by atoms with Crippen molar-refractivity contribution in [3.05, 3.63) is 175 Å². The lowest BCUT2D eigenvalue weighted by Crippen LogP contribution is -2.15. The topological polar surface area (TPSA) is 3.24 Å². The summed E-state index contributed by atoms with van der Waals surface area (Å²) in [4.78, 5) is 2.46. The number of anilines is 3. The Bertz CT molecular complexity index is 2430. The standard InChI is InChI=1S/C45H33N/c1-45(2)40-17-9-8-16-38(40)39-29-36(27-28-41(39)45)46(35-25-23-31(24-26-35)30-11-4-3-5-12-30)42-18-10-14-33-21-22-34-20-19-32-13-6-7-15-37(32)43(34)44(33)42/h3-29H,1-2H3. The summed E-state index contributed by atoms with van der Waals surface area (Å²) in [5, 5.41) is 7.59. The lowest BCUT2D eigenvalue weighted by atomic mass is 9.82. The Morgan fingerprint density at radius 1 is 0.413 bits per heavy atom. The fraction of sp³-hybridized carbons (Fsp3) is 0.0667. The molecule has 0 unspecified atom stereocenters. The minimum atomic E-state index is -0.0405. The molecule has 0 fully saturated rings. The third-order valence-corrected chi connectivity index (χ3v) is 10.0. The van der Waals surface area contributed by atoms with Crippen LogP contribution in [0.2, 0.25) is 0 Å². The minimum absolute atomic E-state index is 0.0405. The van der Waals surface area contributed by atoms with Crippen molar-refractivity contribution >= 4 is 49.4 Å². The van der Waals surface area contributed by atoms with Crippen LogP contribution in [0.25, 0.3) is 54.6 Å². The molecule has 46 heavy (non-hydrogen) atoms. The Hall–Kier alpha value is -5.66. The molecule has 218 valence electrons. The Morgan fingerprint density at radius 3 is 1.85 bits per heavy atom. The van der Waals surface area contributed by atoms with Gasteiger partial charge in [-0.3, -0.25) is 0 Å². The molecule has 1 nitrogen and oxygen atoms in total. The SMILES string of the molecule is CC1(C)c2ccccc2-c2cc(N(c3ccc(-c4ccccc4)cc3)c3cccc4ccc5ccc6ccccc6c5c34)ccc21. The van der Waals surface area contributed by atoms with Gasteiger partial charge in [0.1, 0.15) is 0 Å². The maximum absolute atomic E-state index is 2.46. The minimum Gasteiger partial charge on any atom is -0.310 e. The van der Waals surface area contributed by atoms with Crippen LogP contribution in [-0.4, -0.2) is 0 Å². The predicted octanol–water partition coefficient (Wildman–Crippen LogP) is 12.6. The van der Waals surface area contributed by atoms with E-state index >= 15 is 0 Å². The highest BCUT2D eigenvalue weighted by Gasteiger charge is 2.35. The zero-order valence-corrected chi connectivity index (χ0v) is 26.0. The van der Waals surface area contributed by atoms with Gasteiger partial charge >= 0.3 is 0 Å². The Balaban J connectivity index is 1.33. The number of hydrogen-bond acceptors (Lipinski definition) is 1. The summed E-state index contributed by atoms with van der Waals surface area (Å²) in [6.45, 7) is 4.69. The third-order valence-electron chi connectivity index (χ3n) is 10.0. The average Bonchev–Trinajstić information content (AvgIpc) is 3.34. The molecule has 1 aliphatic carbocycles. The van der Waals surface area contributed by atoms with Gasteiger partial charge in [-0.1, -0.05) is 147 Å².